The molecule has 27 heavy (non-hydrogen) atoms. The second kappa shape index (κ2) is 8.20. The van der Waals surface area contributed by atoms with E-state index in [1.165, 1.54) is 6.92 Å². The number of aliphatic carboxylic acids is 1. The van der Waals surface area contributed by atoms with Crippen LogP contribution in [0.1, 0.15) is 33.1 Å². The lowest BCUT2D eigenvalue weighted by molar-refractivity contribution is -0.139. The van der Waals surface area contributed by atoms with Crippen LogP contribution in [0.3, 0.4) is 0 Å². The van der Waals surface area contributed by atoms with Crippen LogP contribution in [0.5, 0.6) is 0 Å². The molecule has 0 saturated carbocycles. The Balaban J connectivity index is 1.67. The average molecular weight is 373 g/mol. The fraction of sp³-hybridized carbons (Fsp3) is 0.333. The SMILES string of the molecule is [2H]C([2H])(F)[C@@H](C)C[C@H](NC(=O)OCC1c2ccccc2-c2ccccc21)C(=O)O. The van der Waals surface area contributed by atoms with Crippen LogP contribution in [0.2, 0.25) is 0 Å². The van der Waals surface area contributed by atoms with Crippen LogP contribution in [-0.4, -0.2) is 36.4 Å². The van der Waals surface area contributed by atoms with E-state index < -0.39 is 37.1 Å². The molecular formula is C21H22FNO4. The van der Waals surface area contributed by atoms with Crippen LogP contribution in [0, 0.1) is 5.92 Å². The van der Waals surface area contributed by atoms with Gasteiger partial charge in [-0.15, -0.1) is 0 Å². The summed E-state index contributed by atoms with van der Waals surface area (Å²) in [5, 5.41) is 11.5. The number of carboxylic acids is 1. The lowest BCUT2D eigenvalue weighted by Gasteiger charge is -2.18. The van der Waals surface area contributed by atoms with Crippen molar-refractivity contribution in [2.75, 3.05) is 13.2 Å². The number of amides is 1. The van der Waals surface area contributed by atoms with Crippen molar-refractivity contribution in [2.45, 2.75) is 25.3 Å². The van der Waals surface area contributed by atoms with Crippen molar-refractivity contribution in [3.05, 3.63) is 59.7 Å². The predicted molar refractivity (Wildman–Crippen MR) is 99.4 cm³/mol. The van der Waals surface area contributed by atoms with E-state index in [2.05, 4.69) is 5.32 Å². The Morgan fingerprint density at radius 2 is 1.74 bits per heavy atom. The number of hydrogen-bond donors (Lipinski definition) is 2. The van der Waals surface area contributed by atoms with E-state index in [0.717, 1.165) is 22.3 Å². The summed E-state index contributed by atoms with van der Waals surface area (Å²) in [5.74, 6) is -2.76. The number of alkyl halides is 1. The molecule has 0 radical (unpaired) electrons. The molecule has 2 aromatic rings. The quantitative estimate of drug-likeness (QED) is 0.770. The van der Waals surface area contributed by atoms with Crippen molar-refractivity contribution in [3.63, 3.8) is 0 Å². The number of carbonyl (C=O) groups excluding carboxylic acids is 1. The van der Waals surface area contributed by atoms with E-state index >= 15 is 0 Å². The normalized spacial score (nSPS) is 16.4. The van der Waals surface area contributed by atoms with Crippen molar-refractivity contribution < 1.29 is 26.6 Å². The number of hydrogen-bond acceptors (Lipinski definition) is 3. The van der Waals surface area contributed by atoms with Gasteiger partial charge in [-0.2, -0.15) is 0 Å². The molecule has 2 N–H and O–H groups in total. The summed E-state index contributed by atoms with van der Waals surface area (Å²) < 4.78 is 32.8. The molecule has 0 unspecified atom stereocenters. The molecule has 1 aliphatic rings. The number of benzene rings is 2. The lowest BCUT2D eigenvalue weighted by atomic mass is 9.98. The number of alkyl carbamates (subject to hydrolysis) is 1. The van der Waals surface area contributed by atoms with E-state index in [0.29, 0.717) is 0 Å². The molecule has 2 aromatic carbocycles. The van der Waals surface area contributed by atoms with Crippen molar-refractivity contribution in [2.24, 2.45) is 5.92 Å². The monoisotopic (exact) mass is 373 g/mol. The van der Waals surface area contributed by atoms with Gasteiger partial charge in [0.05, 0.1) is 9.37 Å². The van der Waals surface area contributed by atoms with E-state index in [-0.39, 0.29) is 12.5 Å². The molecule has 0 aliphatic heterocycles. The summed E-state index contributed by atoms with van der Waals surface area (Å²) in [6, 6.07) is 14.2. The first kappa shape index (κ1) is 16.3. The highest BCUT2D eigenvalue weighted by molar-refractivity contribution is 5.81. The summed E-state index contributed by atoms with van der Waals surface area (Å²) in [6.07, 6.45) is -1.34. The van der Waals surface area contributed by atoms with Crippen LogP contribution in [0.4, 0.5) is 9.18 Å². The van der Waals surface area contributed by atoms with Gasteiger partial charge in [0, 0.05) is 5.92 Å². The molecule has 0 fully saturated rings. The fourth-order valence-electron chi connectivity index (χ4n) is 3.40. The molecule has 6 heteroatoms. The predicted octanol–water partition coefficient (Wildman–Crippen LogP) is 3.97. The maximum absolute atomic E-state index is 13.4. The molecule has 0 aromatic heterocycles. The minimum Gasteiger partial charge on any atom is -0.480 e. The van der Waals surface area contributed by atoms with Gasteiger partial charge in [-0.05, 0) is 34.6 Å². The van der Waals surface area contributed by atoms with Crippen molar-refractivity contribution in [3.8, 4) is 11.1 Å². The minimum atomic E-state index is -3.05. The second-order valence-electron chi connectivity index (χ2n) is 6.61. The third-order valence-corrected chi connectivity index (χ3v) is 4.71. The van der Waals surface area contributed by atoms with E-state index in [9.17, 15) is 19.1 Å². The first-order valence-corrected chi connectivity index (χ1v) is 8.71. The molecular weight excluding hydrogens is 349 g/mol. The van der Waals surface area contributed by atoms with Gasteiger partial charge < -0.3 is 15.2 Å². The van der Waals surface area contributed by atoms with Gasteiger partial charge in [-0.1, -0.05) is 55.5 Å². The molecule has 1 amide bonds. The Labute approximate surface area is 160 Å². The summed E-state index contributed by atoms with van der Waals surface area (Å²) in [7, 11) is 0. The van der Waals surface area contributed by atoms with Crippen molar-refractivity contribution in [1.82, 2.24) is 5.32 Å². The van der Waals surface area contributed by atoms with Crippen molar-refractivity contribution >= 4 is 12.1 Å². The maximum atomic E-state index is 13.4. The number of rotatable bonds is 7. The van der Waals surface area contributed by atoms with Gasteiger partial charge in [-0.25, -0.2) is 9.59 Å². The largest absolute Gasteiger partial charge is 0.480 e. The van der Waals surface area contributed by atoms with Gasteiger partial charge in [0.1, 0.15) is 12.6 Å². The Bertz CT molecular complexity index is 870. The zero-order valence-electron chi connectivity index (χ0n) is 16.8. The summed E-state index contributed by atoms with van der Waals surface area (Å²) >= 11 is 0. The van der Waals surface area contributed by atoms with Crippen LogP contribution in [0.15, 0.2) is 48.5 Å². The molecule has 0 heterocycles. The molecule has 0 bridgehead atoms. The standard InChI is InChI=1S/C21H22FNO4/c1-13(11-22)10-19(20(24)25)23-21(26)27-12-18-16-8-4-2-6-14(16)15-7-3-5-9-17(15)18/h2-9,13,18-19H,10-12H2,1H3,(H,23,26)(H,24,25)/t13-,19-/m0/s1/i11D2. The highest BCUT2D eigenvalue weighted by atomic mass is 19.1. The number of ether oxygens (including phenoxy) is 1. The first-order valence-electron chi connectivity index (χ1n) is 9.71. The van der Waals surface area contributed by atoms with Crippen LogP contribution >= 0.6 is 0 Å². The Morgan fingerprint density at radius 3 is 2.26 bits per heavy atom. The Hall–Kier alpha value is -2.89. The van der Waals surface area contributed by atoms with Crippen LogP contribution in [-0.2, 0) is 9.53 Å². The number of fused-ring (bicyclic) bond motifs is 3. The highest BCUT2D eigenvalue weighted by Crippen LogP contribution is 2.44. The third-order valence-electron chi connectivity index (χ3n) is 4.71. The van der Waals surface area contributed by atoms with E-state index in [1.54, 1.807) is 0 Å². The number of halogens is 1. The lowest BCUT2D eigenvalue weighted by Crippen LogP contribution is -2.42. The molecule has 2 atom stereocenters. The van der Waals surface area contributed by atoms with Gasteiger partial charge in [0.15, 0.2) is 0 Å². The Kier molecular flexibility index (Phi) is 4.95. The molecule has 0 saturated heterocycles. The topological polar surface area (TPSA) is 75.6 Å². The maximum Gasteiger partial charge on any atom is 0.407 e. The second-order valence-corrected chi connectivity index (χ2v) is 6.61. The highest BCUT2D eigenvalue weighted by Gasteiger charge is 2.30. The van der Waals surface area contributed by atoms with Gasteiger partial charge in [0.2, 0.25) is 0 Å². The third kappa shape index (κ3) is 4.10. The molecule has 142 valence electrons. The van der Waals surface area contributed by atoms with Gasteiger partial charge in [-0.3, -0.25) is 4.39 Å². The van der Waals surface area contributed by atoms with Gasteiger partial charge >= 0.3 is 12.1 Å². The number of carboxylic acid groups (broad SMARTS) is 1. The van der Waals surface area contributed by atoms with Crippen molar-refractivity contribution in [1.29, 1.82) is 0 Å². The fourth-order valence-corrected chi connectivity index (χ4v) is 3.40. The molecule has 1 aliphatic carbocycles. The summed E-state index contributed by atoms with van der Waals surface area (Å²) in [6.45, 7) is -1.78. The zero-order chi connectivity index (χ0) is 21.2. The van der Waals surface area contributed by atoms with Crippen LogP contribution in [0.25, 0.3) is 11.1 Å². The smallest absolute Gasteiger partial charge is 0.407 e. The molecule has 3 rings (SSSR count). The Morgan fingerprint density at radius 1 is 1.19 bits per heavy atom. The first-order chi connectivity index (χ1) is 13.7. The summed E-state index contributed by atoms with van der Waals surface area (Å²) in [4.78, 5) is 23.6. The van der Waals surface area contributed by atoms with Crippen LogP contribution < -0.4 is 5.32 Å². The van der Waals surface area contributed by atoms with E-state index in [4.69, 9.17) is 7.48 Å². The summed E-state index contributed by atoms with van der Waals surface area (Å²) in [5.41, 5.74) is 4.19. The number of carbonyl (C=O) groups is 2. The molecule has 5 nitrogen and oxygen atoms in total. The molecule has 0 spiro atoms. The zero-order valence-corrected chi connectivity index (χ0v) is 14.8. The van der Waals surface area contributed by atoms with E-state index in [1.807, 2.05) is 48.5 Å². The minimum absolute atomic E-state index is 0.0195. The number of nitrogens with one attached hydrogen (secondary N) is 1. The van der Waals surface area contributed by atoms with Gasteiger partial charge in [0.25, 0.3) is 0 Å². The average Bonchev–Trinajstić information content (AvgIpc) is 2.99.